The van der Waals surface area contributed by atoms with E-state index in [0.717, 1.165) is 16.6 Å². The van der Waals surface area contributed by atoms with Gasteiger partial charge >= 0.3 is 0 Å². The maximum Gasteiger partial charge on any atom is 0.232 e. The van der Waals surface area contributed by atoms with Gasteiger partial charge in [0.15, 0.2) is 0 Å². The number of nitrogens with one attached hydrogen (secondary N) is 1. The number of carbonyl (C=O) groups excluding carboxylic acids is 2. The standard InChI is InChI=1S/C13H15ClN4O2.2ClH/c1-7(11(15)19)13(20)17-5-8-3-9-10(14)6-18(2)12(9)16-4-8;;/h3-4,6-7H,5H2,1-2H3,(H2,15,19)(H,17,20);2*1H/t7-;;/m0../s1. The molecule has 0 aromatic carbocycles. The molecule has 22 heavy (non-hydrogen) atoms. The fraction of sp³-hybridized carbons (Fsp3) is 0.308. The molecule has 122 valence electrons. The van der Waals surface area contributed by atoms with Gasteiger partial charge in [0.1, 0.15) is 11.6 Å². The third-order valence-electron chi connectivity index (χ3n) is 3.11. The van der Waals surface area contributed by atoms with Crippen molar-refractivity contribution in [3.63, 3.8) is 0 Å². The van der Waals surface area contributed by atoms with Gasteiger partial charge in [0.2, 0.25) is 11.8 Å². The minimum atomic E-state index is -0.855. The van der Waals surface area contributed by atoms with E-state index in [9.17, 15) is 9.59 Å². The van der Waals surface area contributed by atoms with Gasteiger partial charge < -0.3 is 15.6 Å². The second-order valence-electron chi connectivity index (χ2n) is 4.64. The van der Waals surface area contributed by atoms with Crippen molar-refractivity contribution in [2.75, 3.05) is 0 Å². The largest absolute Gasteiger partial charge is 0.369 e. The maximum absolute atomic E-state index is 11.6. The number of aromatic nitrogens is 2. The Bertz CT molecular complexity index is 687. The lowest BCUT2D eigenvalue weighted by Crippen LogP contribution is -2.36. The first-order valence-electron chi connectivity index (χ1n) is 6.06. The van der Waals surface area contributed by atoms with Crippen molar-refractivity contribution in [2.24, 2.45) is 18.7 Å². The first-order valence-corrected chi connectivity index (χ1v) is 6.44. The number of aryl methyl sites for hydroxylation is 1. The summed E-state index contributed by atoms with van der Waals surface area (Å²) in [6.45, 7) is 1.73. The fourth-order valence-corrected chi connectivity index (χ4v) is 2.11. The molecular formula is C13H17Cl3N4O2. The van der Waals surface area contributed by atoms with Crippen LogP contribution >= 0.6 is 36.4 Å². The lowest BCUT2D eigenvalue weighted by Gasteiger charge is -2.09. The van der Waals surface area contributed by atoms with Crippen LogP contribution in [0.5, 0.6) is 0 Å². The van der Waals surface area contributed by atoms with Crippen molar-refractivity contribution in [1.29, 1.82) is 0 Å². The number of halogens is 3. The first-order chi connectivity index (χ1) is 9.40. The first kappa shape index (κ1) is 20.5. The highest BCUT2D eigenvalue weighted by Crippen LogP contribution is 2.24. The Hall–Kier alpha value is -1.50. The van der Waals surface area contributed by atoms with Crippen molar-refractivity contribution >= 4 is 59.3 Å². The smallest absolute Gasteiger partial charge is 0.232 e. The normalized spacial score (nSPS) is 11.2. The zero-order valence-corrected chi connectivity index (χ0v) is 14.4. The molecule has 0 bridgehead atoms. The Kier molecular flexibility index (Phi) is 7.66. The molecule has 2 heterocycles. The molecule has 0 unspecified atom stereocenters. The molecule has 1 atom stereocenters. The number of nitrogens with two attached hydrogens (primary N) is 1. The van der Waals surface area contributed by atoms with Crippen molar-refractivity contribution in [2.45, 2.75) is 13.5 Å². The number of amides is 2. The number of nitrogens with zero attached hydrogens (tertiary/aromatic N) is 2. The molecule has 6 nitrogen and oxygen atoms in total. The van der Waals surface area contributed by atoms with Gasteiger partial charge in [-0.25, -0.2) is 4.98 Å². The van der Waals surface area contributed by atoms with E-state index < -0.39 is 17.7 Å². The Morgan fingerprint density at radius 2 is 2.09 bits per heavy atom. The van der Waals surface area contributed by atoms with E-state index in [0.29, 0.717) is 5.02 Å². The molecule has 0 fully saturated rings. The Balaban J connectivity index is 0.00000220. The summed E-state index contributed by atoms with van der Waals surface area (Å²) in [5, 5.41) is 4.07. The van der Waals surface area contributed by atoms with Crippen LogP contribution in [0.3, 0.4) is 0 Å². The summed E-state index contributed by atoms with van der Waals surface area (Å²) < 4.78 is 1.83. The van der Waals surface area contributed by atoms with Gasteiger partial charge in [-0.15, -0.1) is 24.8 Å². The highest BCUT2D eigenvalue weighted by molar-refractivity contribution is 6.35. The molecule has 2 aromatic rings. The van der Waals surface area contributed by atoms with Crippen molar-refractivity contribution in [1.82, 2.24) is 14.9 Å². The monoisotopic (exact) mass is 366 g/mol. The molecule has 3 N–H and O–H groups in total. The topological polar surface area (TPSA) is 90.0 Å². The van der Waals surface area contributed by atoms with E-state index in [4.69, 9.17) is 17.3 Å². The van der Waals surface area contributed by atoms with Gasteiger partial charge in [0, 0.05) is 31.4 Å². The molecule has 0 aliphatic rings. The maximum atomic E-state index is 11.6. The van der Waals surface area contributed by atoms with Crippen molar-refractivity contribution < 1.29 is 9.59 Å². The molecular weight excluding hydrogens is 351 g/mol. The summed E-state index contributed by atoms with van der Waals surface area (Å²) >= 11 is 6.10. The van der Waals surface area contributed by atoms with E-state index in [2.05, 4.69) is 10.3 Å². The predicted octanol–water partition coefficient (Wildman–Crippen LogP) is 1.81. The Morgan fingerprint density at radius 1 is 1.45 bits per heavy atom. The fourth-order valence-electron chi connectivity index (χ4n) is 1.83. The van der Waals surface area contributed by atoms with Crippen molar-refractivity contribution in [3.8, 4) is 0 Å². The molecule has 9 heteroatoms. The molecule has 0 radical (unpaired) electrons. The summed E-state index contributed by atoms with van der Waals surface area (Å²) in [6, 6.07) is 1.86. The second-order valence-corrected chi connectivity index (χ2v) is 5.05. The van der Waals surface area contributed by atoms with Crippen LogP contribution < -0.4 is 11.1 Å². The van der Waals surface area contributed by atoms with Crippen LogP contribution in [0.2, 0.25) is 5.02 Å². The average Bonchev–Trinajstić information content (AvgIpc) is 2.70. The van der Waals surface area contributed by atoms with E-state index in [1.54, 1.807) is 12.4 Å². The van der Waals surface area contributed by atoms with Crippen LogP contribution in [0, 0.1) is 5.92 Å². The van der Waals surface area contributed by atoms with E-state index >= 15 is 0 Å². The van der Waals surface area contributed by atoms with Gasteiger partial charge in [-0.1, -0.05) is 11.6 Å². The second kappa shape index (κ2) is 8.22. The molecule has 0 saturated heterocycles. The Morgan fingerprint density at radius 3 is 2.68 bits per heavy atom. The quantitative estimate of drug-likeness (QED) is 0.808. The molecule has 2 rings (SSSR count). The molecule has 0 aliphatic carbocycles. The third kappa shape index (κ3) is 4.25. The molecule has 2 amide bonds. The molecule has 0 saturated carbocycles. The van der Waals surface area contributed by atoms with Crippen LogP contribution in [0.4, 0.5) is 0 Å². The van der Waals surface area contributed by atoms with Gasteiger partial charge in [0.05, 0.1) is 5.02 Å². The van der Waals surface area contributed by atoms with Gasteiger partial charge in [-0.05, 0) is 18.6 Å². The number of hydrogen-bond acceptors (Lipinski definition) is 3. The van der Waals surface area contributed by atoms with Crippen LogP contribution in [0.1, 0.15) is 12.5 Å². The zero-order chi connectivity index (χ0) is 14.9. The average molecular weight is 368 g/mol. The summed E-state index contributed by atoms with van der Waals surface area (Å²) in [5.74, 6) is -1.91. The molecule has 0 aliphatic heterocycles. The van der Waals surface area contributed by atoms with Crippen LogP contribution in [0.15, 0.2) is 18.5 Å². The number of primary amides is 1. The molecule has 0 spiro atoms. The number of hydrogen-bond donors (Lipinski definition) is 2. The highest BCUT2D eigenvalue weighted by Gasteiger charge is 2.18. The third-order valence-corrected chi connectivity index (χ3v) is 3.41. The van der Waals surface area contributed by atoms with Gasteiger partial charge in [-0.2, -0.15) is 0 Å². The van der Waals surface area contributed by atoms with Crippen molar-refractivity contribution in [3.05, 3.63) is 29.0 Å². The lowest BCUT2D eigenvalue weighted by molar-refractivity contribution is -0.132. The van der Waals surface area contributed by atoms with E-state index in [1.165, 1.54) is 6.92 Å². The van der Waals surface area contributed by atoms with Gasteiger partial charge in [0.25, 0.3) is 0 Å². The summed E-state index contributed by atoms with van der Waals surface area (Å²) in [7, 11) is 1.86. The number of carbonyl (C=O) groups is 2. The van der Waals surface area contributed by atoms with Crippen LogP contribution in [0.25, 0.3) is 11.0 Å². The Labute approximate surface area is 145 Å². The molecule has 2 aromatic heterocycles. The zero-order valence-electron chi connectivity index (χ0n) is 12.0. The lowest BCUT2D eigenvalue weighted by atomic mass is 10.1. The number of pyridine rings is 1. The minimum absolute atomic E-state index is 0. The number of rotatable bonds is 4. The minimum Gasteiger partial charge on any atom is -0.369 e. The van der Waals surface area contributed by atoms with Crippen LogP contribution in [-0.4, -0.2) is 21.4 Å². The SMILES string of the molecule is C[C@@H](C(N)=O)C(=O)NCc1cnc2c(c1)c(Cl)cn2C.Cl.Cl. The summed E-state index contributed by atoms with van der Waals surface area (Å²) in [5.41, 5.74) is 6.65. The summed E-state index contributed by atoms with van der Waals surface area (Å²) in [6.07, 6.45) is 3.44. The van der Waals surface area contributed by atoms with Crippen LogP contribution in [-0.2, 0) is 23.2 Å². The van der Waals surface area contributed by atoms with E-state index in [-0.39, 0.29) is 31.4 Å². The van der Waals surface area contributed by atoms with Gasteiger partial charge in [-0.3, -0.25) is 9.59 Å². The summed E-state index contributed by atoms with van der Waals surface area (Å²) in [4.78, 5) is 26.8. The van der Waals surface area contributed by atoms with E-state index in [1.807, 2.05) is 17.7 Å². The predicted molar refractivity (Wildman–Crippen MR) is 90.4 cm³/mol. The number of fused-ring (bicyclic) bond motifs is 1. The highest BCUT2D eigenvalue weighted by atomic mass is 35.5.